The largest absolute Gasteiger partial charge is 0.291 e. The van der Waals surface area contributed by atoms with E-state index in [2.05, 4.69) is 0 Å². The first-order chi connectivity index (χ1) is 6.32. The summed E-state index contributed by atoms with van der Waals surface area (Å²) < 4.78 is 53.4. The number of rotatable bonds is 2. The van der Waals surface area contributed by atoms with Crippen LogP contribution in [0.3, 0.4) is 0 Å². The molecule has 0 bridgehead atoms. The molecule has 0 aliphatic carbocycles. The summed E-state index contributed by atoms with van der Waals surface area (Å²) in [7, 11) is 0. The van der Waals surface area contributed by atoms with E-state index in [-0.39, 0.29) is 0 Å². The Morgan fingerprint density at radius 1 is 1.86 bits per heavy atom. The summed E-state index contributed by atoms with van der Waals surface area (Å²) in [5.41, 5.74) is 0. The second-order valence-electron chi connectivity index (χ2n) is 0.783. The van der Waals surface area contributed by atoms with Crippen molar-refractivity contribution in [3.8, 4) is 0 Å². The van der Waals surface area contributed by atoms with Gasteiger partial charge in [0.05, 0.1) is 0 Å². The summed E-state index contributed by atoms with van der Waals surface area (Å²) in [4.78, 5) is 21.9. The molecular formula is C5H8O2. The SMILES string of the molecule is [2H]C([2H])([2H])C(=O)C(=O)C([2H])([2H])C([2H])([2H])[2H]. The van der Waals surface area contributed by atoms with E-state index in [0.717, 1.165) is 0 Å². The molecule has 0 unspecified atom stereocenters. The van der Waals surface area contributed by atoms with E-state index in [9.17, 15) is 9.59 Å². The summed E-state index contributed by atoms with van der Waals surface area (Å²) in [5, 5.41) is 0. The first-order valence-corrected chi connectivity index (χ1v) is 1.41. The zero-order chi connectivity index (χ0) is 12.7. The maximum absolute atomic E-state index is 11.0. The van der Waals surface area contributed by atoms with Gasteiger partial charge in [0, 0.05) is 24.2 Å². The lowest BCUT2D eigenvalue weighted by Gasteiger charge is -1.81. The Bertz CT molecular complexity index is 284. The Morgan fingerprint density at radius 2 is 2.57 bits per heavy atom. The van der Waals surface area contributed by atoms with E-state index in [1.54, 1.807) is 0 Å². The van der Waals surface area contributed by atoms with E-state index >= 15 is 0 Å². The lowest BCUT2D eigenvalue weighted by Crippen LogP contribution is -2.06. The minimum absolute atomic E-state index is 2.01. The number of carbonyl (C=O) groups excluding carboxylic acids is 2. The van der Waals surface area contributed by atoms with Crippen LogP contribution in [-0.2, 0) is 9.59 Å². The maximum atomic E-state index is 11.0. The van der Waals surface area contributed by atoms with Gasteiger partial charge in [-0.3, -0.25) is 9.59 Å². The Morgan fingerprint density at radius 3 is 3.00 bits per heavy atom. The molecule has 2 heteroatoms. The van der Waals surface area contributed by atoms with Gasteiger partial charge < -0.3 is 0 Å². The van der Waals surface area contributed by atoms with Gasteiger partial charge in [-0.1, -0.05) is 6.85 Å². The van der Waals surface area contributed by atoms with E-state index < -0.39 is 31.6 Å². The zero-order valence-electron chi connectivity index (χ0n) is 11.3. The molecule has 0 amide bonds. The van der Waals surface area contributed by atoms with Crippen LogP contribution in [-0.4, -0.2) is 11.6 Å². The zero-order valence-corrected chi connectivity index (χ0v) is 3.32. The van der Waals surface area contributed by atoms with Crippen molar-refractivity contribution in [2.45, 2.75) is 20.1 Å². The Labute approximate surface area is 53.8 Å². The van der Waals surface area contributed by atoms with Crippen LogP contribution in [0, 0.1) is 0 Å². The molecule has 0 fully saturated rings. The molecule has 0 N–H and O–H groups in total. The average Bonchev–Trinajstić information content (AvgIpc) is 1.97. The van der Waals surface area contributed by atoms with E-state index in [1.165, 1.54) is 0 Å². The molecule has 0 saturated carbocycles. The molecule has 0 aromatic rings. The van der Waals surface area contributed by atoms with Crippen LogP contribution in [0.2, 0.25) is 0 Å². The van der Waals surface area contributed by atoms with Gasteiger partial charge in [-0.15, -0.1) is 0 Å². The molecule has 0 rings (SSSR count). The molecule has 7 heavy (non-hydrogen) atoms. The lowest BCUT2D eigenvalue weighted by atomic mass is 10.2. The third-order valence-corrected chi connectivity index (χ3v) is 0.320. The molecule has 0 radical (unpaired) electrons. The molecule has 0 heterocycles. The topological polar surface area (TPSA) is 34.1 Å². The molecule has 0 aromatic carbocycles. The van der Waals surface area contributed by atoms with E-state index in [1.807, 2.05) is 0 Å². The second-order valence-corrected chi connectivity index (χ2v) is 0.783. The molecule has 0 aromatic heterocycles. The van der Waals surface area contributed by atoms with Crippen LogP contribution in [0.15, 0.2) is 0 Å². The fourth-order valence-electron chi connectivity index (χ4n) is 0.0568. The normalized spacial score (nSPS) is 30.9. The van der Waals surface area contributed by atoms with Crippen LogP contribution in [0.25, 0.3) is 0 Å². The number of ketones is 2. The molecule has 0 aliphatic heterocycles. The molecule has 2 nitrogen and oxygen atoms in total. The fourth-order valence-corrected chi connectivity index (χ4v) is 0.0568. The van der Waals surface area contributed by atoms with Crippen molar-refractivity contribution in [2.24, 2.45) is 0 Å². The van der Waals surface area contributed by atoms with Crippen LogP contribution >= 0.6 is 0 Å². The number of carbonyl (C=O) groups is 2. The third kappa shape index (κ3) is 2.09. The van der Waals surface area contributed by atoms with Gasteiger partial charge in [-0.25, -0.2) is 0 Å². The molecule has 0 atom stereocenters. The number of hydrogen-bond acceptors (Lipinski definition) is 2. The second kappa shape index (κ2) is 2.50. The van der Waals surface area contributed by atoms with E-state index in [0.29, 0.717) is 0 Å². The highest BCUT2D eigenvalue weighted by molar-refractivity contribution is 6.36. The first kappa shape index (κ1) is 1.02. The first-order valence-electron chi connectivity index (χ1n) is 5.41. The quantitative estimate of drug-likeness (QED) is 0.484. The molecule has 0 spiro atoms. The highest BCUT2D eigenvalue weighted by atomic mass is 16.2. The third-order valence-electron chi connectivity index (χ3n) is 0.320. The summed E-state index contributed by atoms with van der Waals surface area (Å²) in [5.74, 6) is -4.06. The van der Waals surface area contributed by atoms with Gasteiger partial charge in [-0.2, -0.15) is 0 Å². The van der Waals surface area contributed by atoms with Crippen molar-refractivity contribution >= 4 is 11.6 Å². The van der Waals surface area contributed by atoms with E-state index in [4.69, 9.17) is 11.0 Å². The van der Waals surface area contributed by atoms with Crippen molar-refractivity contribution in [3.05, 3.63) is 0 Å². The Balaban J connectivity index is 5.13. The summed E-state index contributed by atoms with van der Waals surface area (Å²) in [6.07, 6.45) is -3.47. The molecule has 0 aliphatic rings. The predicted molar refractivity (Wildman–Crippen MR) is 26.0 cm³/mol. The van der Waals surface area contributed by atoms with Gasteiger partial charge in [0.2, 0.25) is 0 Å². The standard InChI is InChI=1S/C5H8O2/c1-3-5(7)4(2)6/h3H2,1-2H3/i1D3,2D3,3D2. The predicted octanol–water partition coefficient (Wildman–Crippen LogP) is 0.554. The number of hydrogen-bond donors (Lipinski definition) is 0. The average molecular weight is 108 g/mol. The smallest absolute Gasteiger partial charge is 0.197 e. The van der Waals surface area contributed by atoms with Gasteiger partial charge in [0.1, 0.15) is 0 Å². The van der Waals surface area contributed by atoms with Crippen LogP contribution < -0.4 is 0 Å². The van der Waals surface area contributed by atoms with Crippen molar-refractivity contribution < 1.29 is 20.6 Å². The number of Topliss-reactive ketones (excluding diaryl/α,β-unsaturated/α-hetero) is 2. The van der Waals surface area contributed by atoms with Crippen LogP contribution in [0.5, 0.6) is 0 Å². The summed E-state index contributed by atoms with van der Waals surface area (Å²) in [6.45, 7) is -6.69. The lowest BCUT2D eigenvalue weighted by molar-refractivity contribution is -0.135. The molecule has 40 valence electrons. The maximum Gasteiger partial charge on any atom is 0.197 e. The van der Waals surface area contributed by atoms with Gasteiger partial charge in [0.25, 0.3) is 0 Å². The fraction of sp³-hybridized carbons (Fsp3) is 0.600. The Hall–Kier alpha value is -0.660. The van der Waals surface area contributed by atoms with Crippen molar-refractivity contribution in [1.29, 1.82) is 0 Å². The van der Waals surface area contributed by atoms with Gasteiger partial charge in [-0.05, 0) is 0 Å². The minimum Gasteiger partial charge on any atom is -0.291 e. The summed E-state index contributed by atoms with van der Waals surface area (Å²) >= 11 is 0. The van der Waals surface area contributed by atoms with Crippen molar-refractivity contribution in [1.82, 2.24) is 0 Å². The van der Waals surface area contributed by atoms with Crippen molar-refractivity contribution in [2.75, 3.05) is 0 Å². The molecular weight excluding hydrogens is 92.1 g/mol. The van der Waals surface area contributed by atoms with Crippen LogP contribution in [0.1, 0.15) is 31.0 Å². The van der Waals surface area contributed by atoms with Gasteiger partial charge in [0.15, 0.2) is 11.6 Å². The highest BCUT2D eigenvalue weighted by Gasteiger charge is 2.00. The van der Waals surface area contributed by atoms with Gasteiger partial charge >= 0.3 is 0 Å². The highest BCUT2D eigenvalue weighted by Crippen LogP contribution is 1.79. The monoisotopic (exact) mass is 108 g/mol. The van der Waals surface area contributed by atoms with Crippen LogP contribution in [0.4, 0.5) is 0 Å². The Kier molecular flexibility index (Phi) is 0.363. The molecule has 0 saturated heterocycles. The summed E-state index contributed by atoms with van der Waals surface area (Å²) in [6, 6.07) is 0. The minimum atomic E-state index is -3.47. The van der Waals surface area contributed by atoms with Crippen molar-refractivity contribution in [3.63, 3.8) is 0 Å².